The third-order valence-electron chi connectivity index (χ3n) is 2.28. The monoisotopic (exact) mass is 253 g/mol. The molecule has 0 fully saturated rings. The standard InChI is InChI=1S/C11H9F2N3O2/c1-18-11(17)10-6-16(15-14-10)5-7-2-3-8(12)4-9(7)13/h2-4,6H,5H2,1H3. The number of methoxy groups -OCH3 is 1. The Morgan fingerprint density at radius 3 is 2.89 bits per heavy atom. The van der Waals surface area contributed by atoms with Crippen LogP contribution < -0.4 is 0 Å². The van der Waals surface area contributed by atoms with Gasteiger partial charge in [-0.1, -0.05) is 11.3 Å². The summed E-state index contributed by atoms with van der Waals surface area (Å²) in [5, 5.41) is 7.22. The number of rotatable bonds is 3. The van der Waals surface area contributed by atoms with Crippen LogP contribution in [0.15, 0.2) is 24.4 Å². The zero-order valence-corrected chi connectivity index (χ0v) is 9.43. The maximum Gasteiger partial charge on any atom is 0.360 e. The van der Waals surface area contributed by atoms with Crippen molar-refractivity contribution in [3.8, 4) is 0 Å². The summed E-state index contributed by atoms with van der Waals surface area (Å²) in [4.78, 5) is 11.1. The number of carbonyl (C=O) groups excluding carboxylic acids is 1. The fourth-order valence-electron chi connectivity index (χ4n) is 1.40. The van der Waals surface area contributed by atoms with Crippen molar-refractivity contribution in [3.63, 3.8) is 0 Å². The quantitative estimate of drug-likeness (QED) is 0.776. The van der Waals surface area contributed by atoms with Gasteiger partial charge in [-0.3, -0.25) is 0 Å². The molecule has 0 N–H and O–H groups in total. The van der Waals surface area contributed by atoms with E-state index in [0.29, 0.717) is 0 Å². The van der Waals surface area contributed by atoms with Gasteiger partial charge in [-0.2, -0.15) is 0 Å². The minimum absolute atomic E-state index is 0.0278. The second-order valence-electron chi connectivity index (χ2n) is 3.53. The van der Waals surface area contributed by atoms with Crippen molar-refractivity contribution in [2.75, 3.05) is 7.11 Å². The van der Waals surface area contributed by atoms with Gasteiger partial charge in [0.15, 0.2) is 5.69 Å². The highest BCUT2D eigenvalue weighted by Gasteiger charge is 2.11. The Hall–Kier alpha value is -2.31. The summed E-state index contributed by atoms with van der Waals surface area (Å²) >= 11 is 0. The van der Waals surface area contributed by atoms with Crippen LogP contribution in [0.1, 0.15) is 16.1 Å². The molecule has 1 heterocycles. The molecule has 2 rings (SSSR count). The minimum atomic E-state index is -0.676. The summed E-state index contributed by atoms with van der Waals surface area (Å²) in [5.74, 6) is -1.95. The summed E-state index contributed by atoms with van der Waals surface area (Å²) in [5.41, 5.74) is 0.276. The second kappa shape index (κ2) is 4.91. The Labute approximate surface area is 101 Å². The van der Waals surface area contributed by atoms with Crippen molar-refractivity contribution < 1.29 is 18.3 Å². The van der Waals surface area contributed by atoms with Gasteiger partial charge in [-0.25, -0.2) is 18.3 Å². The lowest BCUT2D eigenvalue weighted by Crippen LogP contribution is -2.03. The highest BCUT2D eigenvalue weighted by Crippen LogP contribution is 2.11. The highest BCUT2D eigenvalue weighted by molar-refractivity contribution is 5.86. The SMILES string of the molecule is COC(=O)c1cn(Cc2ccc(F)cc2F)nn1. The third kappa shape index (κ3) is 2.50. The number of hydrogen-bond donors (Lipinski definition) is 0. The zero-order chi connectivity index (χ0) is 13.1. The lowest BCUT2D eigenvalue weighted by Gasteiger charge is -2.02. The van der Waals surface area contributed by atoms with Gasteiger partial charge in [0.1, 0.15) is 11.6 Å². The van der Waals surface area contributed by atoms with E-state index >= 15 is 0 Å². The number of nitrogens with zero attached hydrogens (tertiary/aromatic N) is 3. The van der Waals surface area contributed by atoms with E-state index in [1.165, 1.54) is 24.1 Å². The van der Waals surface area contributed by atoms with Crippen LogP contribution in [0.25, 0.3) is 0 Å². The molecule has 7 heteroatoms. The lowest BCUT2D eigenvalue weighted by atomic mass is 10.2. The van der Waals surface area contributed by atoms with Crippen molar-refractivity contribution in [2.24, 2.45) is 0 Å². The Balaban J connectivity index is 2.18. The maximum atomic E-state index is 13.4. The predicted molar refractivity (Wildman–Crippen MR) is 56.8 cm³/mol. The Kier molecular flexibility index (Phi) is 3.31. The zero-order valence-electron chi connectivity index (χ0n) is 9.43. The first-order chi connectivity index (χ1) is 8.60. The van der Waals surface area contributed by atoms with Crippen LogP contribution in [0, 0.1) is 11.6 Å². The van der Waals surface area contributed by atoms with Crippen LogP contribution >= 0.6 is 0 Å². The summed E-state index contributed by atoms with van der Waals surface area (Å²) < 4.78 is 31.8. The van der Waals surface area contributed by atoms with E-state index in [0.717, 1.165) is 12.1 Å². The molecule has 0 bridgehead atoms. The molecule has 94 valence electrons. The molecule has 0 saturated carbocycles. The lowest BCUT2D eigenvalue weighted by molar-refractivity contribution is 0.0594. The smallest absolute Gasteiger partial charge is 0.360 e. The number of ether oxygens (including phenoxy) is 1. The topological polar surface area (TPSA) is 57.0 Å². The van der Waals surface area contributed by atoms with Gasteiger partial charge in [0.2, 0.25) is 0 Å². The predicted octanol–water partition coefficient (Wildman–Crippen LogP) is 1.39. The molecule has 0 saturated heterocycles. The number of esters is 1. The summed E-state index contributed by atoms with van der Waals surface area (Å²) in [7, 11) is 1.22. The first kappa shape index (κ1) is 12.2. The molecule has 0 aliphatic heterocycles. The molecule has 2 aromatic rings. The number of benzene rings is 1. The number of carbonyl (C=O) groups is 1. The molecule has 0 atom stereocenters. The fourth-order valence-corrected chi connectivity index (χ4v) is 1.40. The van der Waals surface area contributed by atoms with Gasteiger partial charge in [0, 0.05) is 11.6 Å². The van der Waals surface area contributed by atoms with E-state index in [9.17, 15) is 13.6 Å². The van der Waals surface area contributed by atoms with Crippen molar-refractivity contribution in [2.45, 2.75) is 6.54 Å². The second-order valence-corrected chi connectivity index (χ2v) is 3.53. The number of hydrogen-bond acceptors (Lipinski definition) is 4. The van der Waals surface area contributed by atoms with E-state index in [1.54, 1.807) is 0 Å². The summed E-state index contributed by atoms with van der Waals surface area (Å²) in [6.45, 7) is 0.0517. The molecule has 0 aliphatic rings. The van der Waals surface area contributed by atoms with Crippen LogP contribution in [0.5, 0.6) is 0 Å². The van der Waals surface area contributed by atoms with Gasteiger partial charge in [-0.05, 0) is 6.07 Å². The summed E-state index contributed by atoms with van der Waals surface area (Å²) in [6.07, 6.45) is 1.33. The fraction of sp³-hybridized carbons (Fsp3) is 0.182. The highest BCUT2D eigenvalue weighted by atomic mass is 19.1. The Bertz CT molecular complexity index is 583. The molecular weight excluding hydrogens is 244 g/mol. The normalized spacial score (nSPS) is 10.4. The van der Waals surface area contributed by atoms with Crippen LogP contribution in [0.2, 0.25) is 0 Å². The molecule has 0 radical (unpaired) electrons. The number of halogens is 2. The first-order valence-electron chi connectivity index (χ1n) is 5.02. The van der Waals surface area contributed by atoms with E-state index < -0.39 is 17.6 Å². The van der Waals surface area contributed by atoms with E-state index in [-0.39, 0.29) is 17.8 Å². The molecule has 1 aromatic heterocycles. The average molecular weight is 253 g/mol. The van der Waals surface area contributed by atoms with Crippen LogP contribution in [0.3, 0.4) is 0 Å². The third-order valence-corrected chi connectivity index (χ3v) is 2.28. The Morgan fingerprint density at radius 1 is 1.44 bits per heavy atom. The molecule has 1 aromatic carbocycles. The molecule has 0 spiro atoms. The maximum absolute atomic E-state index is 13.4. The largest absolute Gasteiger partial charge is 0.464 e. The van der Waals surface area contributed by atoms with Crippen LogP contribution in [0.4, 0.5) is 8.78 Å². The van der Waals surface area contributed by atoms with E-state index in [4.69, 9.17) is 0 Å². The van der Waals surface area contributed by atoms with Gasteiger partial charge < -0.3 is 4.74 Å². The van der Waals surface area contributed by atoms with Gasteiger partial charge in [0.25, 0.3) is 0 Å². The van der Waals surface area contributed by atoms with Crippen LogP contribution in [-0.4, -0.2) is 28.1 Å². The van der Waals surface area contributed by atoms with Crippen molar-refractivity contribution >= 4 is 5.97 Å². The van der Waals surface area contributed by atoms with Gasteiger partial charge in [0.05, 0.1) is 19.9 Å². The van der Waals surface area contributed by atoms with Crippen molar-refractivity contribution in [3.05, 3.63) is 47.3 Å². The van der Waals surface area contributed by atoms with Crippen molar-refractivity contribution in [1.82, 2.24) is 15.0 Å². The summed E-state index contributed by atoms with van der Waals surface area (Å²) in [6, 6.07) is 3.24. The number of aromatic nitrogens is 3. The molecule has 0 aliphatic carbocycles. The molecule has 18 heavy (non-hydrogen) atoms. The minimum Gasteiger partial charge on any atom is -0.464 e. The van der Waals surface area contributed by atoms with E-state index in [2.05, 4.69) is 15.0 Å². The van der Waals surface area contributed by atoms with Crippen LogP contribution in [-0.2, 0) is 11.3 Å². The van der Waals surface area contributed by atoms with Gasteiger partial charge in [-0.15, -0.1) is 5.10 Å². The average Bonchev–Trinajstić information content (AvgIpc) is 2.80. The van der Waals surface area contributed by atoms with Gasteiger partial charge >= 0.3 is 5.97 Å². The molecule has 0 unspecified atom stereocenters. The van der Waals surface area contributed by atoms with Crippen molar-refractivity contribution in [1.29, 1.82) is 0 Å². The molecule has 5 nitrogen and oxygen atoms in total. The van der Waals surface area contributed by atoms with E-state index in [1.807, 2.05) is 0 Å². The molecule has 0 amide bonds. The Morgan fingerprint density at radius 2 is 2.22 bits per heavy atom. The molecular formula is C11H9F2N3O2. The first-order valence-corrected chi connectivity index (χ1v) is 5.02.